The predicted octanol–water partition coefficient (Wildman–Crippen LogP) is 7.90. The molecular formula is C39H41N5O4S2. The Labute approximate surface area is 299 Å². The van der Waals surface area contributed by atoms with E-state index in [-0.39, 0.29) is 11.6 Å². The van der Waals surface area contributed by atoms with Gasteiger partial charge in [0.15, 0.2) is 16.0 Å². The molecule has 0 spiro atoms. The molecular weight excluding hydrogens is 667 g/mol. The Morgan fingerprint density at radius 3 is 2.68 bits per heavy atom. The van der Waals surface area contributed by atoms with Crippen molar-refractivity contribution in [2.24, 2.45) is 17.6 Å². The predicted molar refractivity (Wildman–Crippen MR) is 199 cm³/mol. The second kappa shape index (κ2) is 14.1. The fraction of sp³-hybridized carbons (Fsp3) is 0.385. The number of carbonyl (C=O) groups is 2. The number of carboxylic acids is 1. The van der Waals surface area contributed by atoms with Crippen molar-refractivity contribution in [3.05, 3.63) is 99.6 Å². The van der Waals surface area contributed by atoms with E-state index in [1.54, 1.807) is 0 Å². The summed E-state index contributed by atoms with van der Waals surface area (Å²) in [4.78, 5) is 37.7. The lowest BCUT2D eigenvalue weighted by Gasteiger charge is -2.45. The summed E-state index contributed by atoms with van der Waals surface area (Å²) in [6.45, 7) is 1.64. The Morgan fingerprint density at radius 2 is 1.84 bits per heavy atom. The number of rotatable bonds is 10. The van der Waals surface area contributed by atoms with E-state index in [1.165, 1.54) is 60.3 Å². The second-order valence-electron chi connectivity index (χ2n) is 13.8. The molecule has 5 aromatic rings. The van der Waals surface area contributed by atoms with Crippen molar-refractivity contribution in [3.63, 3.8) is 0 Å². The second-order valence-corrected chi connectivity index (χ2v) is 15.9. The minimum Gasteiger partial charge on any atom is -0.494 e. The Bertz CT molecular complexity index is 1990. The van der Waals surface area contributed by atoms with E-state index in [0.29, 0.717) is 72.2 Å². The normalized spacial score (nSPS) is 21.5. The van der Waals surface area contributed by atoms with Crippen LogP contribution in [0, 0.1) is 11.8 Å². The maximum Gasteiger partial charge on any atom is 0.355 e. The van der Waals surface area contributed by atoms with E-state index in [1.807, 2.05) is 36.4 Å². The first-order valence-corrected chi connectivity index (χ1v) is 19.3. The van der Waals surface area contributed by atoms with E-state index in [2.05, 4.69) is 50.5 Å². The van der Waals surface area contributed by atoms with Gasteiger partial charge in [0.2, 0.25) is 0 Å². The number of aromatic nitrogens is 2. The molecule has 8 rings (SSSR count). The molecule has 2 fully saturated rings. The molecule has 258 valence electrons. The van der Waals surface area contributed by atoms with Gasteiger partial charge >= 0.3 is 5.97 Å². The molecule has 2 aromatic heterocycles. The molecule has 11 heteroatoms. The van der Waals surface area contributed by atoms with Crippen LogP contribution >= 0.6 is 22.7 Å². The highest BCUT2D eigenvalue weighted by Crippen LogP contribution is 2.47. The third kappa shape index (κ3) is 6.61. The third-order valence-electron chi connectivity index (χ3n) is 10.8. The van der Waals surface area contributed by atoms with Gasteiger partial charge in [0.25, 0.3) is 5.91 Å². The highest BCUT2D eigenvalue weighted by atomic mass is 32.1. The largest absolute Gasteiger partial charge is 0.494 e. The van der Waals surface area contributed by atoms with Gasteiger partial charge in [0.1, 0.15) is 5.75 Å². The number of para-hydroxylation sites is 1. The average molecular weight is 708 g/mol. The molecule has 2 saturated carbocycles. The van der Waals surface area contributed by atoms with Crippen LogP contribution < -0.4 is 20.7 Å². The number of anilines is 2. The van der Waals surface area contributed by atoms with Crippen molar-refractivity contribution in [2.75, 3.05) is 23.4 Å². The number of hydrogen-bond acceptors (Lipinski definition) is 9. The molecule has 2 aliphatic carbocycles. The van der Waals surface area contributed by atoms with Crippen LogP contribution in [0.15, 0.2) is 66.7 Å². The molecule has 0 saturated heterocycles. The minimum atomic E-state index is -1.03. The lowest BCUT2D eigenvalue weighted by molar-refractivity contribution is 0.0690. The van der Waals surface area contributed by atoms with Gasteiger partial charge in [-0.3, -0.25) is 10.1 Å². The monoisotopic (exact) mass is 707 g/mol. The van der Waals surface area contributed by atoms with Crippen molar-refractivity contribution in [2.45, 2.75) is 69.9 Å². The van der Waals surface area contributed by atoms with Gasteiger partial charge in [-0.2, -0.15) is 0 Å². The lowest BCUT2D eigenvalue weighted by Crippen LogP contribution is -2.46. The summed E-state index contributed by atoms with van der Waals surface area (Å²) >= 11 is 2.87. The smallest absolute Gasteiger partial charge is 0.355 e. The van der Waals surface area contributed by atoms with E-state index in [9.17, 15) is 14.7 Å². The SMILES string of the molecule is NC1[C@H]2CCC[C@@H]1[C@@H](c1ccc(OCCCc3sc(N4CCc5cccc(C(=O)Nc6nc7ccccc7s6)c5C4)nc3C(=O)O)cc1)CC2. The highest BCUT2D eigenvalue weighted by molar-refractivity contribution is 7.22. The number of benzene rings is 3. The van der Waals surface area contributed by atoms with Gasteiger partial charge in [0.05, 0.1) is 16.8 Å². The molecule has 2 bridgehead atoms. The quantitative estimate of drug-likeness (QED) is 0.125. The number of nitrogens with two attached hydrogens (primary N) is 1. The summed E-state index contributed by atoms with van der Waals surface area (Å²) < 4.78 is 7.10. The number of nitrogens with zero attached hydrogens (tertiary/aromatic N) is 3. The summed E-state index contributed by atoms with van der Waals surface area (Å²) in [5.74, 6) is 1.41. The summed E-state index contributed by atoms with van der Waals surface area (Å²) in [5.41, 5.74) is 11.6. The molecule has 9 nitrogen and oxygen atoms in total. The van der Waals surface area contributed by atoms with Gasteiger partial charge in [0, 0.05) is 29.6 Å². The zero-order valence-corrected chi connectivity index (χ0v) is 29.5. The Balaban J connectivity index is 0.897. The van der Waals surface area contributed by atoms with Gasteiger partial charge in [-0.05, 0) is 110 Å². The molecule has 1 aliphatic heterocycles. The highest BCUT2D eigenvalue weighted by Gasteiger charge is 2.40. The number of thiazole rings is 2. The van der Waals surface area contributed by atoms with Crippen molar-refractivity contribution in [3.8, 4) is 5.75 Å². The number of ether oxygens (including phenoxy) is 1. The zero-order chi connectivity index (χ0) is 34.2. The van der Waals surface area contributed by atoms with Crippen molar-refractivity contribution < 1.29 is 19.4 Å². The minimum absolute atomic E-state index is 0.0951. The van der Waals surface area contributed by atoms with Crippen LogP contribution in [0.1, 0.15) is 86.9 Å². The number of fused-ring (bicyclic) bond motifs is 4. The van der Waals surface area contributed by atoms with Crippen LogP contribution in [0.5, 0.6) is 5.75 Å². The zero-order valence-electron chi connectivity index (χ0n) is 27.8. The molecule has 1 unspecified atom stereocenters. The van der Waals surface area contributed by atoms with Crippen molar-refractivity contribution in [1.82, 2.24) is 9.97 Å². The van der Waals surface area contributed by atoms with Gasteiger partial charge in [-0.15, -0.1) is 11.3 Å². The third-order valence-corrected chi connectivity index (χ3v) is 13.0. The molecule has 3 aliphatic rings. The molecule has 0 radical (unpaired) electrons. The van der Waals surface area contributed by atoms with Gasteiger partial charge < -0.3 is 20.5 Å². The van der Waals surface area contributed by atoms with E-state index < -0.39 is 5.97 Å². The summed E-state index contributed by atoms with van der Waals surface area (Å²) in [6.07, 6.45) is 8.22. The van der Waals surface area contributed by atoms with Crippen LogP contribution in [0.3, 0.4) is 0 Å². The topological polar surface area (TPSA) is 131 Å². The van der Waals surface area contributed by atoms with Crippen LogP contribution in [0.4, 0.5) is 10.3 Å². The first-order chi connectivity index (χ1) is 24.4. The van der Waals surface area contributed by atoms with Crippen molar-refractivity contribution in [1.29, 1.82) is 0 Å². The maximum absolute atomic E-state index is 13.5. The first-order valence-electron chi connectivity index (χ1n) is 17.7. The number of carboxylic acid groups (broad SMARTS) is 1. The molecule has 50 heavy (non-hydrogen) atoms. The maximum atomic E-state index is 13.5. The number of hydrogen-bond donors (Lipinski definition) is 3. The van der Waals surface area contributed by atoms with Gasteiger partial charge in [-0.25, -0.2) is 14.8 Å². The van der Waals surface area contributed by atoms with Crippen LogP contribution in [-0.2, 0) is 19.4 Å². The van der Waals surface area contributed by atoms with Crippen LogP contribution in [0.25, 0.3) is 10.2 Å². The van der Waals surface area contributed by atoms with Crippen LogP contribution in [0.2, 0.25) is 0 Å². The Kier molecular flexibility index (Phi) is 9.28. The first kappa shape index (κ1) is 32.9. The Hall–Kier alpha value is -4.32. The number of aromatic carboxylic acids is 1. The lowest BCUT2D eigenvalue weighted by atomic mass is 9.62. The molecule has 1 amide bonds. The van der Waals surface area contributed by atoms with Crippen molar-refractivity contribution >= 4 is 55.0 Å². The standard InChI is InChI=1S/C39H41N5O4S2/c40-34-25-7-4-8-28(34)27(18-15-25)24-13-16-26(17-14-24)48-21-5-12-33-35(37(46)47)42-39(50-33)44-20-19-23-6-3-9-29(30(23)22-44)36(45)43-38-41-31-10-1-2-11-32(31)49-38/h1-3,6,9-11,13-14,16-17,25,27-28,34H,4-5,7-8,12,15,18-22,40H2,(H,46,47)(H,41,43,45)/t25-,27+,28+,34?/m0/s1. The van der Waals surface area contributed by atoms with E-state index in [4.69, 9.17) is 10.5 Å². The number of aryl methyl sites for hydroxylation is 1. The Morgan fingerprint density at radius 1 is 0.980 bits per heavy atom. The summed E-state index contributed by atoms with van der Waals surface area (Å²) in [6, 6.07) is 22.5. The van der Waals surface area contributed by atoms with Gasteiger partial charge in [-0.1, -0.05) is 54.2 Å². The molecule has 4 atom stereocenters. The summed E-state index contributed by atoms with van der Waals surface area (Å²) in [7, 11) is 0. The molecule has 3 aromatic carbocycles. The van der Waals surface area contributed by atoms with E-state index in [0.717, 1.165) is 38.4 Å². The fourth-order valence-corrected chi connectivity index (χ4v) is 10.2. The average Bonchev–Trinajstić information content (AvgIpc) is 3.74. The molecule has 3 heterocycles. The fourth-order valence-electron chi connectivity index (χ4n) is 8.27. The van der Waals surface area contributed by atoms with E-state index >= 15 is 0 Å². The number of amides is 1. The van der Waals surface area contributed by atoms with Crippen LogP contribution in [-0.4, -0.2) is 46.1 Å². The number of nitrogens with one attached hydrogen (secondary N) is 1. The summed E-state index contributed by atoms with van der Waals surface area (Å²) in [5, 5.41) is 14.2. The molecule has 4 N–H and O–H groups in total. The number of carbonyl (C=O) groups excluding carboxylic acids is 1.